The second-order valence-corrected chi connectivity index (χ2v) is 10.0. The Morgan fingerprint density at radius 2 is 1.65 bits per heavy atom. The maximum absolute atomic E-state index is 13.9. The lowest BCUT2D eigenvalue weighted by atomic mass is 9.94. The summed E-state index contributed by atoms with van der Waals surface area (Å²) in [5.74, 6) is 2.13. The number of hydrogen-bond acceptors (Lipinski definition) is 5. The molecule has 1 aliphatic heterocycles. The van der Waals surface area contributed by atoms with Crippen molar-refractivity contribution in [1.82, 2.24) is 15.1 Å². The minimum absolute atomic E-state index is 0.154. The molecule has 2 N–H and O–H groups in total. The number of phenolic OH excluding ortho intramolecular Hbond substituents is 1. The summed E-state index contributed by atoms with van der Waals surface area (Å²) in [7, 11) is 1.63. The highest BCUT2D eigenvalue weighted by molar-refractivity contribution is 6.00. The average Bonchev–Trinajstić information content (AvgIpc) is 3.50. The monoisotopic (exact) mass is 531 g/mol. The van der Waals surface area contributed by atoms with Crippen molar-refractivity contribution in [2.45, 2.75) is 26.4 Å². The fraction of sp³-hybridized carbons (Fsp3) is 0.152. The summed E-state index contributed by atoms with van der Waals surface area (Å²) in [6.45, 7) is 4.21. The number of carbonyl (C=O) groups excluding carboxylic acids is 1. The van der Waals surface area contributed by atoms with Gasteiger partial charge in [-0.05, 0) is 78.6 Å². The van der Waals surface area contributed by atoms with Crippen molar-refractivity contribution in [3.05, 3.63) is 125 Å². The van der Waals surface area contributed by atoms with E-state index in [9.17, 15) is 9.90 Å². The summed E-state index contributed by atoms with van der Waals surface area (Å²) >= 11 is 0. The molecule has 1 aromatic heterocycles. The van der Waals surface area contributed by atoms with E-state index in [1.54, 1.807) is 7.11 Å². The number of aromatic nitrogens is 2. The van der Waals surface area contributed by atoms with Crippen LogP contribution in [0, 0.1) is 13.8 Å². The van der Waals surface area contributed by atoms with Crippen LogP contribution in [0.5, 0.6) is 23.0 Å². The zero-order valence-electron chi connectivity index (χ0n) is 22.5. The molecule has 6 rings (SSSR count). The highest BCUT2D eigenvalue weighted by Crippen LogP contribution is 2.46. The van der Waals surface area contributed by atoms with E-state index in [4.69, 9.17) is 9.47 Å². The number of fused-ring (bicyclic) bond motifs is 1. The molecule has 4 aromatic carbocycles. The maximum atomic E-state index is 13.9. The second-order valence-electron chi connectivity index (χ2n) is 10.0. The smallest absolute Gasteiger partial charge is 0.273 e. The number of benzene rings is 4. The van der Waals surface area contributed by atoms with Gasteiger partial charge in [0.15, 0.2) is 0 Å². The van der Waals surface area contributed by atoms with Gasteiger partial charge in [-0.1, -0.05) is 48.5 Å². The van der Waals surface area contributed by atoms with E-state index in [0.717, 1.165) is 39.3 Å². The molecule has 40 heavy (non-hydrogen) atoms. The van der Waals surface area contributed by atoms with Gasteiger partial charge in [-0.2, -0.15) is 5.10 Å². The summed E-state index contributed by atoms with van der Waals surface area (Å²) in [4.78, 5) is 15.7. The summed E-state index contributed by atoms with van der Waals surface area (Å²) < 4.78 is 11.5. The van der Waals surface area contributed by atoms with Crippen LogP contribution in [-0.2, 0) is 6.54 Å². The van der Waals surface area contributed by atoms with Crippen molar-refractivity contribution in [2.24, 2.45) is 0 Å². The van der Waals surface area contributed by atoms with Crippen molar-refractivity contribution >= 4 is 5.91 Å². The molecule has 5 aromatic rings. The van der Waals surface area contributed by atoms with E-state index in [0.29, 0.717) is 29.2 Å². The van der Waals surface area contributed by atoms with Gasteiger partial charge in [0, 0.05) is 17.7 Å². The number of aromatic hydroxyl groups is 1. The van der Waals surface area contributed by atoms with Crippen LogP contribution in [0.1, 0.15) is 44.3 Å². The van der Waals surface area contributed by atoms with Crippen LogP contribution in [0.4, 0.5) is 0 Å². The fourth-order valence-corrected chi connectivity index (χ4v) is 5.35. The number of para-hydroxylation sites is 1. The Balaban J connectivity index is 1.47. The SMILES string of the molecule is COc1ccc(CN2C(=O)c3[nH]nc(-c4cc(C)cc(C)c4O)c3C2c2cccc(Oc3ccccc3)c2)cc1. The van der Waals surface area contributed by atoms with E-state index >= 15 is 0 Å². The van der Waals surface area contributed by atoms with Gasteiger partial charge >= 0.3 is 0 Å². The molecule has 1 atom stereocenters. The highest BCUT2D eigenvalue weighted by Gasteiger charge is 2.42. The van der Waals surface area contributed by atoms with Crippen LogP contribution in [-0.4, -0.2) is 33.2 Å². The van der Waals surface area contributed by atoms with E-state index in [1.807, 2.05) is 110 Å². The number of methoxy groups -OCH3 is 1. The van der Waals surface area contributed by atoms with Crippen LogP contribution in [0.25, 0.3) is 11.3 Å². The first-order valence-electron chi connectivity index (χ1n) is 13.1. The quantitative estimate of drug-likeness (QED) is 0.237. The Morgan fingerprint density at radius 1 is 0.900 bits per heavy atom. The van der Waals surface area contributed by atoms with E-state index in [-0.39, 0.29) is 11.7 Å². The van der Waals surface area contributed by atoms with Crippen molar-refractivity contribution in [3.8, 4) is 34.3 Å². The van der Waals surface area contributed by atoms with Crippen LogP contribution in [0.15, 0.2) is 91.0 Å². The summed E-state index contributed by atoms with van der Waals surface area (Å²) in [6, 6.07) is 28.4. The Hall–Kier alpha value is -5.04. The van der Waals surface area contributed by atoms with Crippen LogP contribution < -0.4 is 9.47 Å². The zero-order valence-corrected chi connectivity index (χ0v) is 22.5. The molecule has 0 fully saturated rings. The van der Waals surface area contributed by atoms with E-state index in [2.05, 4.69) is 10.2 Å². The lowest BCUT2D eigenvalue weighted by Crippen LogP contribution is -2.29. The molecule has 1 unspecified atom stereocenters. The van der Waals surface area contributed by atoms with Gasteiger partial charge in [0.25, 0.3) is 5.91 Å². The molecule has 1 amide bonds. The second kappa shape index (κ2) is 10.3. The average molecular weight is 532 g/mol. The molecule has 200 valence electrons. The molecule has 0 saturated carbocycles. The third kappa shape index (κ3) is 4.56. The van der Waals surface area contributed by atoms with Crippen LogP contribution in [0.2, 0.25) is 0 Å². The molecular weight excluding hydrogens is 502 g/mol. The molecule has 1 aliphatic rings. The van der Waals surface area contributed by atoms with Gasteiger partial charge in [-0.15, -0.1) is 0 Å². The molecule has 0 radical (unpaired) electrons. The third-order valence-corrected chi connectivity index (χ3v) is 7.23. The number of H-pyrrole nitrogens is 1. The molecular formula is C33H29N3O4. The zero-order chi connectivity index (χ0) is 27.8. The summed E-state index contributed by atoms with van der Waals surface area (Å²) in [6.07, 6.45) is 0. The standard InChI is InChI=1S/C33H29N3O4/c1-20-16-21(2)32(37)27(17-20)29-28-30(35-34-29)33(38)36(19-22-12-14-24(39-3)15-13-22)31(28)23-8-7-11-26(18-23)40-25-9-5-4-6-10-25/h4-18,31,37H,19H2,1-3H3,(H,34,35). The fourth-order valence-electron chi connectivity index (χ4n) is 5.35. The summed E-state index contributed by atoms with van der Waals surface area (Å²) in [5.41, 5.74) is 5.89. The Kier molecular flexibility index (Phi) is 6.48. The maximum Gasteiger partial charge on any atom is 0.273 e. The first kappa shape index (κ1) is 25.2. The molecule has 2 heterocycles. The first-order chi connectivity index (χ1) is 19.4. The number of rotatable bonds is 7. The largest absolute Gasteiger partial charge is 0.507 e. The minimum Gasteiger partial charge on any atom is -0.507 e. The topological polar surface area (TPSA) is 87.7 Å². The van der Waals surface area contributed by atoms with E-state index < -0.39 is 6.04 Å². The van der Waals surface area contributed by atoms with Crippen LogP contribution >= 0.6 is 0 Å². The summed E-state index contributed by atoms with van der Waals surface area (Å²) in [5, 5.41) is 18.6. The minimum atomic E-state index is -0.460. The van der Waals surface area contributed by atoms with Gasteiger partial charge < -0.3 is 19.5 Å². The van der Waals surface area contributed by atoms with E-state index in [1.165, 1.54) is 0 Å². The number of aryl methyl sites for hydroxylation is 2. The van der Waals surface area contributed by atoms with Crippen LogP contribution in [0.3, 0.4) is 0 Å². The number of nitrogens with zero attached hydrogens (tertiary/aromatic N) is 2. The van der Waals surface area contributed by atoms with Gasteiger partial charge in [-0.25, -0.2) is 0 Å². The number of amides is 1. The first-order valence-corrected chi connectivity index (χ1v) is 13.1. The molecule has 0 spiro atoms. The molecule has 7 nitrogen and oxygen atoms in total. The van der Waals surface area contributed by atoms with Gasteiger partial charge in [0.1, 0.15) is 34.4 Å². The number of nitrogens with one attached hydrogen (secondary N) is 1. The highest BCUT2D eigenvalue weighted by atomic mass is 16.5. The number of aromatic amines is 1. The number of hydrogen-bond donors (Lipinski definition) is 2. The Morgan fingerprint density at radius 3 is 2.40 bits per heavy atom. The number of carbonyl (C=O) groups is 1. The van der Waals surface area contributed by atoms with Gasteiger partial charge in [0.05, 0.1) is 13.2 Å². The number of ether oxygens (including phenoxy) is 2. The lowest BCUT2D eigenvalue weighted by molar-refractivity contribution is 0.0730. The predicted octanol–water partition coefficient (Wildman–Crippen LogP) is 6.95. The molecule has 0 bridgehead atoms. The van der Waals surface area contributed by atoms with Crippen molar-refractivity contribution in [2.75, 3.05) is 7.11 Å². The lowest BCUT2D eigenvalue weighted by Gasteiger charge is -2.27. The normalized spacial score (nSPS) is 14.3. The third-order valence-electron chi connectivity index (χ3n) is 7.23. The Bertz CT molecular complexity index is 1690. The van der Waals surface area contributed by atoms with Crippen molar-refractivity contribution in [3.63, 3.8) is 0 Å². The van der Waals surface area contributed by atoms with Gasteiger partial charge in [0.2, 0.25) is 0 Å². The molecule has 0 aliphatic carbocycles. The Labute approximate surface area is 232 Å². The molecule has 0 saturated heterocycles. The number of phenols is 1. The van der Waals surface area contributed by atoms with Crippen molar-refractivity contribution < 1.29 is 19.4 Å². The predicted molar refractivity (Wildman–Crippen MR) is 153 cm³/mol. The molecule has 7 heteroatoms. The van der Waals surface area contributed by atoms with Gasteiger partial charge in [-0.3, -0.25) is 9.89 Å². The van der Waals surface area contributed by atoms with Crippen molar-refractivity contribution in [1.29, 1.82) is 0 Å².